The van der Waals surface area contributed by atoms with Crippen LogP contribution in [0.25, 0.3) is 0 Å². The van der Waals surface area contributed by atoms with Gasteiger partial charge in [0.05, 0.1) is 0 Å². The Morgan fingerprint density at radius 2 is 1.85 bits per heavy atom. The highest BCUT2D eigenvalue weighted by Gasteiger charge is 2.24. The van der Waals surface area contributed by atoms with E-state index in [-0.39, 0.29) is 17.6 Å². The third kappa shape index (κ3) is 8.62. The van der Waals surface area contributed by atoms with Crippen molar-refractivity contribution in [1.82, 2.24) is 10.6 Å². The lowest BCUT2D eigenvalue weighted by Crippen LogP contribution is -2.29. The third-order valence-electron chi connectivity index (χ3n) is 7.11. The summed E-state index contributed by atoms with van der Waals surface area (Å²) in [6.07, 6.45) is 12.9. The van der Waals surface area contributed by atoms with Crippen LogP contribution in [0.5, 0.6) is 0 Å². The lowest BCUT2D eigenvalue weighted by Gasteiger charge is -2.26. The summed E-state index contributed by atoms with van der Waals surface area (Å²) in [5, 5.41) is 9.75. The minimum Gasteiger partial charge on any atom is -0.383 e. The molecule has 1 saturated carbocycles. The molecule has 1 unspecified atom stereocenters. The zero-order chi connectivity index (χ0) is 24.2. The van der Waals surface area contributed by atoms with E-state index < -0.39 is 0 Å². The molecular weight excluding hydrogens is 410 g/mol. The third-order valence-corrected chi connectivity index (χ3v) is 7.11. The lowest BCUT2D eigenvalue weighted by atomic mass is 9.80. The zero-order valence-corrected chi connectivity index (χ0v) is 21.4. The normalized spacial score (nSPS) is 22.5. The van der Waals surface area contributed by atoms with Crippen molar-refractivity contribution in [2.45, 2.75) is 92.0 Å². The molecule has 1 aliphatic carbocycles. The van der Waals surface area contributed by atoms with Gasteiger partial charge < -0.3 is 16.0 Å². The average Bonchev–Trinajstić information content (AvgIpc) is 3.35. The Kier molecular flexibility index (Phi) is 11.7. The SMILES string of the molecule is C/C=C/NC(=O)C1CCC(CC)CC1.CCc1c(C)cc(NCC2CCCN2)cc1C(C)=O. The summed E-state index contributed by atoms with van der Waals surface area (Å²) in [5.41, 5.74) is 4.31. The van der Waals surface area contributed by atoms with Crippen molar-refractivity contribution < 1.29 is 9.59 Å². The van der Waals surface area contributed by atoms with Gasteiger partial charge >= 0.3 is 0 Å². The van der Waals surface area contributed by atoms with Gasteiger partial charge in [-0.1, -0.05) is 26.3 Å². The van der Waals surface area contributed by atoms with Crippen LogP contribution < -0.4 is 16.0 Å². The van der Waals surface area contributed by atoms with Gasteiger partial charge in [-0.05, 0) is 108 Å². The van der Waals surface area contributed by atoms with E-state index in [1.54, 1.807) is 13.1 Å². The van der Waals surface area contributed by atoms with Crippen LogP contribution in [0, 0.1) is 18.8 Å². The van der Waals surface area contributed by atoms with Crippen molar-refractivity contribution in [3.05, 3.63) is 41.1 Å². The molecule has 5 heteroatoms. The molecular formula is C28H45N3O2. The van der Waals surface area contributed by atoms with Crippen LogP contribution >= 0.6 is 0 Å². The van der Waals surface area contributed by atoms with E-state index in [0.29, 0.717) is 6.04 Å². The highest BCUT2D eigenvalue weighted by Crippen LogP contribution is 2.30. The van der Waals surface area contributed by atoms with Gasteiger partial charge in [0.2, 0.25) is 5.91 Å². The number of anilines is 1. The average molecular weight is 456 g/mol. The molecule has 1 amide bonds. The maximum absolute atomic E-state index is 11.7. The molecule has 1 saturated heterocycles. The van der Waals surface area contributed by atoms with Gasteiger partial charge in [0.15, 0.2) is 5.78 Å². The van der Waals surface area contributed by atoms with E-state index in [1.165, 1.54) is 43.2 Å². The maximum Gasteiger partial charge on any atom is 0.227 e. The zero-order valence-electron chi connectivity index (χ0n) is 21.4. The molecule has 5 nitrogen and oxygen atoms in total. The number of rotatable bonds is 8. The van der Waals surface area contributed by atoms with Crippen LogP contribution in [-0.4, -0.2) is 30.8 Å². The smallest absolute Gasteiger partial charge is 0.227 e. The Labute approximate surface area is 201 Å². The lowest BCUT2D eigenvalue weighted by molar-refractivity contribution is -0.125. The Bertz CT molecular complexity index is 789. The van der Waals surface area contributed by atoms with E-state index in [1.807, 2.05) is 19.1 Å². The highest BCUT2D eigenvalue weighted by atomic mass is 16.1. The summed E-state index contributed by atoms with van der Waals surface area (Å²) in [6, 6.07) is 4.72. The Morgan fingerprint density at radius 3 is 2.39 bits per heavy atom. The number of carbonyl (C=O) groups is 2. The fourth-order valence-corrected chi connectivity index (χ4v) is 4.99. The summed E-state index contributed by atoms with van der Waals surface area (Å²) in [7, 11) is 0. The van der Waals surface area contributed by atoms with Crippen molar-refractivity contribution >= 4 is 17.4 Å². The standard InChI is InChI=1S/C16H24N2O.C12H21NO/c1-4-15-11(2)8-14(9-16(15)12(3)19)18-10-13-6-5-7-17-13;1-3-9-13-12(14)11-7-5-10(4-2)6-8-11/h8-9,13,17-18H,4-7,10H2,1-3H3;3,9-11H,4-8H2,1-2H3,(H,13,14)/b;9-3+. The minimum absolute atomic E-state index is 0.155. The van der Waals surface area contributed by atoms with E-state index in [2.05, 4.69) is 42.8 Å². The first-order chi connectivity index (χ1) is 15.9. The van der Waals surface area contributed by atoms with Crippen LogP contribution in [0.15, 0.2) is 24.4 Å². The van der Waals surface area contributed by atoms with Crippen LogP contribution in [0.4, 0.5) is 5.69 Å². The molecule has 1 aliphatic heterocycles. The quantitative estimate of drug-likeness (QED) is 0.435. The summed E-state index contributed by atoms with van der Waals surface area (Å²) >= 11 is 0. The number of ketones is 1. The largest absolute Gasteiger partial charge is 0.383 e. The molecule has 184 valence electrons. The summed E-state index contributed by atoms with van der Waals surface area (Å²) in [6.45, 7) is 12.0. The summed E-state index contributed by atoms with van der Waals surface area (Å²) < 4.78 is 0. The number of amides is 1. The number of hydrogen-bond donors (Lipinski definition) is 3. The number of benzene rings is 1. The summed E-state index contributed by atoms with van der Waals surface area (Å²) in [5.74, 6) is 1.48. The molecule has 3 rings (SSSR count). The van der Waals surface area contributed by atoms with Gasteiger partial charge in [0, 0.05) is 29.8 Å². The first kappa shape index (κ1) is 27.1. The molecule has 3 N–H and O–H groups in total. The van der Waals surface area contributed by atoms with Crippen molar-refractivity contribution in [3.63, 3.8) is 0 Å². The van der Waals surface area contributed by atoms with E-state index in [9.17, 15) is 9.59 Å². The van der Waals surface area contributed by atoms with Gasteiger partial charge in [-0.3, -0.25) is 9.59 Å². The molecule has 2 aliphatic rings. The van der Waals surface area contributed by atoms with E-state index >= 15 is 0 Å². The molecule has 1 heterocycles. The molecule has 0 spiro atoms. The number of carbonyl (C=O) groups excluding carboxylic acids is 2. The number of hydrogen-bond acceptors (Lipinski definition) is 4. The second-order valence-electron chi connectivity index (χ2n) is 9.54. The Hall–Kier alpha value is -2.14. The molecule has 1 atom stereocenters. The maximum atomic E-state index is 11.7. The second-order valence-corrected chi connectivity index (χ2v) is 9.54. The minimum atomic E-state index is 0.155. The first-order valence-corrected chi connectivity index (χ1v) is 12.9. The van der Waals surface area contributed by atoms with Crippen LogP contribution in [-0.2, 0) is 11.2 Å². The van der Waals surface area contributed by atoms with Gasteiger partial charge in [-0.2, -0.15) is 0 Å². The fraction of sp³-hybridized carbons (Fsp3) is 0.643. The predicted molar refractivity (Wildman–Crippen MR) is 139 cm³/mol. The fourth-order valence-electron chi connectivity index (χ4n) is 4.99. The first-order valence-electron chi connectivity index (χ1n) is 12.9. The predicted octanol–water partition coefficient (Wildman–Crippen LogP) is 5.78. The van der Waals surface area contributed by atoms with Gasteiger partial charge in [-0.15, -0.1) is 0 Å². The number of nitrogens with one attached hydrogen (secondary N) is 3. The van der Waals surface area contributed by atoms with Crippen molar-refractivity contribution in [1.29, 1.82) is 0 Å². The van der Waals surface area contributed by atoms with Gasteiger partial charge in [0.1, 0.15) is 0 Å². The number of Topliss-reactive ketones (excluding diaryl/α,β-unsaturated/α-hetero) is 1. The monoisotopic (exact) mass is 455 g/mol. The van der Waals surface area contributed by atoms with Crippen molar-refractivity contribution in [3.8, 4) is 0 Å². The molecule has 1 aromatic rings. The molecule has 1 aromatic carbocycles. The van der Waals surface area contributed by atoms with Crippen LogP contribution in [0.2, 0.25) is 0 Å². The Balaban J connectivity index is 0.000000245. The second kappa shape index (κ2) is 14.2. The highest BCUT2D eigenvalue weighted by molar-refractivity contribution is 5.97. The topological polar surface area (TPSA) is 70.2 Å². The van der Waals surface area contributed by atoms with Gasteiger partial charge in [0.25, 0.3) is 0 Å². The van der Waals surface area contributed by atoms with Crippen molar-refractivity contribution in [2.75, 3.05) is 18.4 Å². The molecule has 33 heavy (non-hydrogen) atoms. The molecule has 0 aromatic heterocycles. The van der Waals surface area contributed by atoms with E-state index in [0.717, 1.165) is 49.5 Å². The van der Waals surface area contributed by atoms with E-state index in [4.69, 9.17) is 0 Å². The molecule has 2 fully saturated rings. The van der Waals surface area contributed by atoms with Gasteiger partial charge in [-0.25, -0.2) is 0 Å². The Morgan fingerprint density at radius 1 is 1.12 bits per heavy atom. The van der Waals surface area contributed by atoms with Crippen LogP contribution in [0.3, 0.4) is 0 Å². The molecule has 0 radical (unpaired) electrons. The molecule has 0 bridgehead atoms. The number of aryl methyl sites for hydroxylation is 1. The van der Waals surface area contributed by atoms with Crippen molar-refractivity contribution in [2.24, 2.45) is 11.8 Å². The van der Waals surface area contributed by atoms with Crippen LogP contribution in [0.1, 0.15) is 94.1 Å². The number of allylic oxidation sites excluding steroid dienone is 1. The summed E-state index contributed by atoms with van der Waals surface area (Å²) in [4.78, 5) is 23.3.